The molecule has 4 N–H and O–H groups in total. The first-order chi connectivity index (χ1) is 8.80. The van der Waals surface area contributed by atoms with E-state index < -0.39 is 18.5 Å². The highest BCUT2D eigenvalue weighted by molar-refractivity contribution is 7.19. The number of rotatable bonds is 5. The number of hydrogen-bond donors (Lipinski definition) is 3. The Balaban J connectivity index is 2.86. The lowest BCUT2D eigenvalue weighted by Gasteiger charge is -2.08. The van der Waals surface area contributed by atoms with Gasteiger partial charge in [-0.1, -0.05) is 0 Å². The number of nitrogens with one attached hydrogen (secondary N) is 2. The number of methoxy groups -OCH3 is 1. The van der Waals surface area contributed by atoms with Crippen molar-refractivity contribution in [1.29, 1.82) is 0 Å². The molecular formula is C10H14F3N3O2S. The SMILES string of the molecule is CNC(=O)c1sc(NCCC(F)(F)F)c(OC)c1N. The van der Waals surface area contributed by atoms with Crippen LogP contribution in [0.2, 0.25) is 0 Å². The molecule has 0 radical (unpaired) electrons. The van der Waals surface area contributed by atoms with Crippen LogP contribution < -0.4 is 21.1 Å². The van der Waals surface area contributed by atoms with Crippen LogP contribution in [0.5, 0.6) is 5.75 Å². The molecule has 0 aromatic carbocycles. The molecule has 1 heterocycles. The Morgan fingerprint density at radius 2 is 2.11 bits per heavy atom. The van der Waals surface area contributed by atoms with Crippen LogP contribution in [0.25, 0.3) is 0 Å². The molecule has 0 atom stereocenters. The minimum Gasteiger partial charge on any atom is -0.492 e. The fourth-order valence-electron chi connectivity index (χ4n) is 1.35. The number of anilines is 2. The molecule has 108 valence electrons. The number of alkyl halides is 3. The fourth-order valence-corrected chi connectivity index (χ4v) is 2.41. The summed E-state index contributed by atoms with van der Waals surface area (Å²) in [6.07, 6.45) is -5.23. The van der Waals surface area contributed by atoms with Crippen LogP contribution >= 0.6 is 11.3 Å². The molecule has 9 heteroatoms. The van der Waals surface area contributed by atoms with Gasteiger partial charge in [-0.2, -0.15) is 13.2 Å². The molecule has 0 aliphatic rings. The molecule has 0 saturated carbocycles. The number of carbonyl (C=O) groups excluding carboxylic acids is 1. The summed E-state index contributed by atoms with van der Waals surface area (Å²) in [7, 11) is 2.77. The summed E-state index contributed by atoms with van der Waals surface area (Å²) >= 11 is 0.953. The molecule has 0 spiro atoms. The Kier molecular flexibility index (Phi) is 4.87. The van der Waals surface area contributed by atoms with Crippen LogP contribution in [0.4, 0.5) is 23.9 Å². The molecule has 0 unspecified atom stereocenters. The Bertz CT molecular complexity index is 460. The number of nitrogen functional groups attached to an aromatic ring is 1. The number of halogens is 3. The van der Waals surface area contributed by atoms with Gasteiger partial charge in [0.05, 0.1) is 13.5 Å². The first-order valence-electron chi connectivity index (χ1n) is 5.29. The second-order valence-electron chi connectivity index (χ2n) is 3.58. The molecule has 0 saturated heterocycles. The smallest absolute Gasteiger partial charge is 0.390 e. The third-order valence-corrected chi connectivity index (χ3v) is 3.37. The monoisotopic (exact) mass is 297 g/mol. The Morgan fingerprint density at radius 3 is 2.58 bits per heavy atom. The zero-order valence-electron chi connectivity index (χ0n) is 10.4. The van der Waals surface area contributed by atoms with Crippen molar-refractivity contribution in [3.05, 3.63) is 4.88 Å². The predicted molar refractivity (Wildman–Crippen MR) is 67.8 cm³/mol. The van der Waals surface area contributed by atoms with Crippen LogP contribution in [0, 0.1) is 0 Å². The van der Waals surface area contributed by atoms with E-state index >= 15 is 0 Å². The zero-order chi connectivity index (χ0) is 14.6. The highest BCUT2D eigenvalue weighted by Gasteiger charge is 2.27. The quantitative estimate of drug-likeness (QED) is 0.777. The first-order valence-corrected chi connectivity index (χ1v) is 6.10. The van der Waals surface area contributed by atoms with E-state index in [2.05, 4.69) is 10.6 Å². The Morgan fingerprint density at radius 1 is 1.47 bits per heavy atom. The van der Waals surface area contributed by atoms with E-state index in [1.165, 1.54) is 14.2 Å². The summed E-state index contributed by atoms with van der Waals surface area (Å²) in [4.78, 5) is 11.7. The molecule has 0 aliphatic carbocycles. The molecule has 1 aromatic rings. The summed E-state index contributed by atoms with van der Waals surface area (Å²) in [5, 5.41) is 5.28. The lowest BCUT2D eigenvalue weighted by Crippen LogP contribution is -2.17. The van der Waals surface area contributed by atoms with Gasteiger partial charge in [-0.25, -0.2) is 0 Å². The van der Waals surface area contributed by atoms with E-state index in [1.54, 1.807) is 0 Å². The molecule has 0 fully saturated rings. The predicted octanol–water partition coefficient (Wildman–Crippen LogP) is 2.06. The third kappa shape index (κ3) is 3.91. The van der Waals surface area contributed by atoms with Gasteiger partial charge in [-0.05, 0) is 0 Å². The van der Waals surface area contributed by atoms with Gasteiger partial charge in [-0.15, -0.1) is 11.3 Å². The second-order valence-corrected chi connectivity index (χ2v) is 4.60. The molecule has 0 aliphatic heterocycles. The highest BCUT2D eigenvalue weighted by Crippen LogP contribution is 2.42. The average molecular weight is 297 g/mol. The number of hydrogen-bond acceptors (Lipinski definition) is 5. The molecular weight excluding hydrogens is 283 g/mol. The minimum absolute atomic E-state index is 0.112. The van der Waals surface area contributed by atoms with E-state index in [0.29, 0.717) is 5.00 Å². The maximum absolute atomic E-state index is 12.1. The highest BCUT2D eigenvalue weighted by atomic mass is 32.1. The van der Waals surface area contributed by atoms with Crippen molar-refractivity contribution in [2.24, 2.45) is 0 Å². The number of nitrogens with two attached hydrogens (primary N) is 1. The van der Waals surface area contributed by atoms with Gasteiger partial charge in [-0.3, -0.25) is 4.79 Å². The van der Waals surface area contributed by atoms with E-state index in [1.807, 2.05) is 0 Å². The summed E-state index contributed by atoms with van der Waals surface area (Å²) in [5.74, 6) is -0.226. The van der Waals surface area contributed by atoms with E-state index in [0.717, 1.165) is 11.3 Å². The van der Waals surface area contributed by atoms with Crippen LogP contribution in [-0.4, -0.2) is 32.8 Å². The topological polar surface area (TPSA) is 76.4 Å². The summed E-state index contributed by atoms with van der Waals surface area (Å²) in [6, 6.07) is 0. The van der Waals surface area contributed by atoms with Crippen molar-refractivity contribution in [3.63, 3.8) is 0 Å². The number of amides is 1. The van der Waals surface area contributed by atoms with E-state index in [-0.39, 0.29) is 22.9 Å². The number of thiophene rings is 1. The van der Waals surface area contributed by atoms with Gasteiger partial charge in [0, 0.05) is 13.6 Å². The van der Waals surface area contributed by atoms with E-state index in [9.17, 15) is 18.0 Å². The Labute approximate surface area is 111 Å². The molecule has 0 bridgehead atoms. The first kappa shape index (κ1) is 15.4. The van der Waals surface area contributed by atoms with Gasteiger partial charge >= 0.3 is 6.18 Å². The summed E-state index contributed by atoms with van der Waals surface area (Å²) in [6.45, 7) is -0.313. The van der Waals surface area contributed by atoms with Crippen molar-refractivity contribution in [2.45, 2.75) is 12.6 Å². The van der Waals surface area contributed by atoms with Crippen LogP contribution in [0.15, 0.2) is 0 Å². The molecule has 1 rings (SSSR count). The lowest BCUT2D eigenvalue weighted by atomic mass is 10.3. The van der Waals surface area contributed by atoms with Crippen LogP contribution in [0.3, 0.4) is 0 Å². The summed E-state index contributed by atoms with van der Waals surface area (Å²) < 4.78 is 41.2. The Hall–Kier alpha value is -1.64. The van der Waals surface area contributed by atoms with Gasteiger partial charge in [0.15, 0.2) is 5.75 Å². The number of carbonyl (C=O) groups is 1. The summed E-state index contributed by atoms with van der Waals surface area (Å²) in [5.41, 5.74) is 5.82. The van der Waals surface area contributed by atoms with Crippen molar-refractivity contribution in [1.82, 2.24) is 5.32 Å². The van der Waals surface area contributed by atoms with Crippen molar-refractivity contribution < 1.29 is 22.7 Å². The van der Waals surface area contributed by atoms with Gasteiger partial charge in [0.25, 0.3) is 5.91 Å². The standard InChI is InChI=1S/C10H14F3N3O2S/c1-15-8(17)7-5(14)6(18-2)9(19-7)16-4-3-10(11,12)13/h16H,3-4,14H2,1-2H3,(H,15,17). The molecule has 5 nitrogen and oxygen atoms in total. The maximum Gasteiger partial charge on any atom is 0.390 e. The average Bonchev–Trinajstić information content (AvgIpc) is 2.63. The second kappa shape index (κ2) is 6.00. The molecule has 1 aromatic heterocycles. The van der Waals surface area contributed by atoms with Crippen molar-refractivity contribution in [3.8, 4) is 5.75 Å². The molecule has 19 heavy (non-hydrogen) atoms. The molecule has 1 amide bonds. The maximum atomic E-state index is 12.1. The largest absolute Gasteiger partial charge is 0.492 e. The van der Waals surface area contributed by atoms with Crippen molar-refractivity contribution >= 4 is 27.9 Å². The minimum atomic E-state index is -4.24. The normalized spacial score (nSPS) is 11.2. The van der Waals surface area contributed by atoms with Crippen LogP contribution in [0.1, 0.15) is 16.1 Å². The van der Waals surface area contributed by atoms with Gasteiger partial charge < -0.3 is 21.1 Å². The zero-order valence-corrected chi connectivity index (χ0v) is 11.2. The fraction of sp³-hybridized carbons (Fsp3) is 0.500. The lowest BCUT2D eigenvalue weighted by molar-refractivity contribution is -0.131. The van der Waals surface area contributed by atoms with Crippen molar-refractivity contribution in [2.75, 3.05) is 31.8 Å². The van der Waals surface area contributed by atoms with Gasteiger partial charge in [0.2, 0.25) is 0 Å². The van der Waals surface area contributed by atoms with E-state index in [4.69, 9.17) is 10.5 Å². The van der Waals surface area contributed by atoms with Gasteiger partial charge in [0.1, 0.15) is 15.6 Å². The number of ether oxygens (including phenoxy) is 1. The van der Waals surface area contributed by atoms with Crippen LogP contribution in [-0.2, 0) is 0 Å². The third-order valence-electron chi connectivity index (χ3n) is 2.23.